The molecule has 0 heterocycles. The van der Waals surface area contributed by atoms with Crippen LogP contribution >= 0.6 is 0 Å². The molecule has 2 aromatic carbocycles. The van der Waals surface area contributed by atoms with E-state index in [2.05, 4.69) is 22.8 Å². The zero-order chi connectivity index (χ0) is 17.0. The highest BCUT2D eigenvalue weighted by atomic mass is 16.4. The SMILES string of the molecule is O=C(NCc1ccc(C(=O)O)cc1)NC1(Cc2ccccc2)CC1. The Kier molecular flexibility index (Phi) is 4.51. The van der Waals surface area contributed by atoms with Gasteiger partial charge >= 0.3 is 12.0 Å². The molecule has 124 valence electrons. The lowest BCUT2D eigenvalue weighted by atomic mass is 10.0. The first-order chi connectivity index (χ1) is 11.6. The molecular weight excluding hydrogens is 304 g/mol. The molecule has 1 aliphatic carbocycles. The predicted molar refractivity (Wildman–Crippen MR) is 90.9 cm³/mol. The Morgan fingerprint density at radius 3 is 2.21 bits per heavy atom. The van der Waals surface area contributed by atoms with Gasteiger partial charge in [0.2, 0.25) is 0 Å². The number of amides is 2. The number of carbonyl (C=O) groups excluding carboxylic acids is 1. The number of benzene rings is 2. The molecule has 0 spiro atoms. The number of rotatable bonds is 6. The first-order valence-corrected chi connectivity index (χ1v) is 7.99. The van der Waals surface area contributed by atoms with Crippen LogP contribution in [0.1, 0.15) is 34.3 Å². The molecule has 24 heavy (non-hydrogen) atoms. The van der Waals surface area contributed by atoms with Crippen molar-refractivity contribution >= 4 is 12.0 Å². The van der Waals surface area contributed by atoms with Gasteiger partial charge in [-0.05, 0) is 42.5 Å². The minimum atomic E-state index is -0.955. The van der Waals surface area contributed by atoms with Crippen LogP contribution in [-0.2, 0) is 13.0 Å². The number of carboxylic acid groups (broad SMARTS) is 1. The van der Waals surface area contributed by atoms with Crippen molar-refractivity contribution in [3.63, 3.8) is 0 Å². The van der Waals surface area contributed by atoms with Crippen LogP contribution in [-0.4, -0.2) is 22.6 Å². The van der Waals surface area contributed by atoms with Crippen molar-refractivity contribution in [1.29, 1.82) is 0 Å². The van der Waals surface area contributed by atoms with Gasteiger partial charge in [0.25, 0.3) is 0 Å². The molecule has 5 heteroatoms. The van der Waals surface area contributed by atoms with Crippen molar-refractivity contribution in [1.82, 2.24) is 10.6 Å². The Morgan fingerprint density at radius 2 is 1.62 bits per heavy atom. The van der Waals surface area contributed by atoms with Crippen LogP contribution < -0.4 is 10.6 Å². The molecule has 2 aromatic rings. The van der Waals surface area contributed by atoms with E-state index in [4.69, 9.17) is 5.11 Å². The lowest BCUT2D eigenvalue weighted by Gasteiger charge is -2.18. The summed E-state index contributed by atoms with van der Waals surface area (Å²) in [5, 5.41) is 14.8. The summed E-state index contributed by atoms with van der Waals surface area (Å²) in [5.74, 6) is -0.955. The van der Waals surface area contributed by atoms with E-state index in [0.29, 0.717) is 6.54 Å². The zero-order valence-corrected chi connectivity index (χ0v) is 13.3. The first-order valence-electron chi connectivity index (χ1n) is 7.99. The van der Waals surface area contributed by atoms with Gasteiger partial charge in [0.1, 0.15) is 0 Å². The largest absolute Gasteiger partial charge is 0.478 e. The summed E-state index contributed by atoms with van der Waals surface area (Å²) in [6.07, 6.45) is 2.82. The van der Waals surface area contributed by atoms with Gasteiger partial charge in [-0.2, -0.15) is 0 Å². The molecule has 2 amide bonds. The van der Waals surface area contributed by atoms with Crippen LogP contribution in [0.5, 0.6) is 0 Å². The smallest absolute Gasteiger partial charge is 0.335 e. The monoisotopic (exact) mass is 324 g/mol. The third-order valence-corrected chi connectivity index (χ3v) is 4.27. The summed E-state index contributed by atoms with van der Waals surface area (Å²) in [6.45, 7) is 0.368. The van der Waals surface area contributed by atoms with Crippen LogP contribution in [0.2, 0.25) is 0 Å². The molecule has 0 unspecified atom stereocenters. The molecule has 1 fully saturated rings. The second-order valence-electron chi connectivity index (χ2n) is 6.25. The molecule has 1 saturated carbocycles. The third kappa shape index (κ3) is 4.13. The molecule has 1 aliphatic rings. The van der Waals surface area contributed by atoms with Crippen LogP contribution in [0.4, 0.5) is 4.79 Å². The van der Waals surface area contributed by atoms with Crippen molar-refractivity contribution in [3.05, 3.63) is 71.3 Å². The fourth-order valence-corrected chi connectivity index (χ4v) is 2.72. The normalized spacial score (nSPS) is 14.7. The second kappa shape index (κ2) is 6.74. The van der Waals surface area contributed by atoms with Gasteiger partial charge in [0, 0.05) is 12.1 Å². The minimum Gasteiger partial charge on any atom is -0.478 e. The molecule has 0 atom stereocenters. The number of aromatic carboxylic acids is 1. The maximum Gasteiger partial charge on any atom is 0.335 e. The number of hydrogen-bond donors (Lipinski definition) is 3. The van der Waals surface area contributed by atoms with Crippen LogP contribution in [0.25, 0.3) is 0 Å². The summed E-state index contributed by atoms with van der Waals surface area (Å²) in [7, 11) is 0. The Hall–Kier alpha value is -2.82. The number of carboxylic acids is 1. The highest BCUT2D eigenvalue weighted by Gasteiger charge is 2.43. The summed E-state index contributed by atoms with van der Waals surface area (Å²) < 4.78 is 0. The third-order valence-electron chi connectivity index (χ3n) is 4.27. The fraction of sp³-hybridized carbons (Fsp3) is 0.263. The molecular formula is C19H20N2O3. The van der Waals surface area contributed by atoms with Crippen molar-refractivity contribution < 1.29 is 14.7 Å². The predicted octanol–water partition coefficient (Wildman–Crippen LogP) is 2.96. The number of hydrogen-bond acceptors (Lipinski definition) is 2. The maximum atomic E-state index is 12.1. The highest BCUT2D eigenvalue weighted by molar-refractivity contribution is 5.87. The van der Waals surface area contributed by atoms with Gasteiger partial charge in [-0.3, -0.25) is 0 Å². The van der Waals surface area contributed by atoms with Crippen molar-refractivity contribution in [2.45, 2.75) is 31.3 Å². The molecule has 0 saturated heterocycles. The van der Waals surface area contributed by atoms with E-state index < -0.39 is 5.97 Å². The Morgan fingerprint density at radius 1 is 0.958 bits per heavy atom. The topological polar surface area (TPSA) is 78.4 Å². The van der Waals surface area contributed by atoms with E-state index in [9.17, 15) is 9.59 Å². The second-order valence-corrected chi connectivity index (χ2v) is 6.25. The molecule has 3 rings (SSSR count). The van der Waals surface area contributed by atoms with Gasteiger partial charge in [-0.15, -0.1) is 0 Å². The Labute approximate surface area is 140 Å². The summed E-state index contributed by atoms with van der Waals surface area (Å²) in [4.78, 5) is 22.9. The molecule has 0 radical (unpaired) electrons. The summed E-state index contributed by atoms with van der Waals surface area (Å²) in [5.41, 5.74) is 2.20. The molecule has 3 N–H and O–H groups in total. The lowest BCUT2D eigenvalue weighted by molar-refractivity contribution is 0.0697. The van der Waals surface area contributed by atoms with E-state index in [1.54, 1.807) is 12.1 Å². The average molecular weight is 324 g/mol. The van der Waals surface area contributed by atoms with Crippen molar-refractivity contribution in [2.24, 2.45) is 0 Å². The summed E-state index contributed by atoms with van der Waals surface area (Å²) in [6, 6.07) is 16.4. The number of nitrogens with one attached hydrogen (secondary N) is 2. The summed E-state index contributed by atoms with van der Waals surface area (Å²) >= 11 is 0. The first kappa shape index (κ1) is 16.1. The quantitative estimate of drug-likeness (QED) is 0.764. The van der Waals surface area contributed by atoms with E-state index in [1.807, 2.05) is 18.2 Å². The van der Waals surface area contributed by atoms with Crippen LogP contribution in [0.3, 0.4) is 0 Å². The number of urea groups is 1. The maximum absolute atomic E-state index is 12.1. The van der Waals surface area contributed by atoms with Gasteiger partial charge < -0.3 is 15.7 Å². The molecule has 5 nitrogen and oxygen atoms in total. The Bertz CT molecular complexity index is 722. The molecule has 0 aliphatic heterocycles. The highest BCUT2D eigenvalue weighted by Crippen LogP contribution is 2.38. The van der Waals surface area contributed by atoms with Crippen LogP contribution in [0, 0.1) is 0 Å². The molecule has 0 aromatic heterocycles. The minimum absolute atomic E-state index is 0.126. The van der Waals surface area contributed by atoms with Crippen molar-refractivity contribution in [3.8, 4) is 0 Å². The fourth-order valence-electron chi connectivity index (χ4n) is 2.72. The van der Waals surface area contributed by atoms with Crippen LogP contribution in [0.15, 0.2) is 54.6 Å². The standard InChI is InChI=1S/C19H20N2O3/c22-17(23)16-8-6-15(7-9-16)13-20-18(24)21-19(10-11-19)12-14-4-2-1-3-5-14/h1-9H,10-13H2,(H,22,23)(H2,20,21,24). The van der Waals surface area contributed by atoms with Gasteiger partial charge in [-0.1, -0.05) is 42.5 Å². The Balaban J connectivity index is 1.50. The average Bonchev–Trinajstić information content (AvgIpc) is 3.33. The van der Waals surface area contributed by atoms with E-state index in [1.165, 1.54) is 17.7 Å². The zero-order valence-electron chi connectivity index (χ0n) is 13.3. The van der Waals surface area contributed by atoms with E-state index in [-0.39, 0.29) is 17.1 Å². The van der Waals surface area contributed by atoms with Gasteiger partial charge in [0.05, 0.1) is 5.56 Å². The van der Waals surface area contributed by atoms with E-state index >= 15 is 0 Å². The molecule has 0 bridgehead atoms. The van der Waals surface area contributed by atoms with Gasteiger partial charge in [-0.25, -0.2) is 9.59 Å². The number of carbonyl (C=O) groups is 2. The van der Waals surface area contributed by atoms with E-state index in [0.717, 1.165) is 24.8 Å². The van der Waals surface area contributed by atoms with Crippen molar-refractivity contribution in [2.75, 3.05) is 0 Å². The lowest BCUT2D eigenvalue weighted by Crippen LogP contribution is -2.44. The van der Waals surface area contributed by atoms with Gasteiger partial charge in [0.15, 0.2) is 0 Å².